The highest BCUT2D eigenvalue weighted by Crippen LogP contribution is 2.36. The number of anilines is 2. The molecular weight excluding hydrogens is 576 g/mol. The van der Waals surface area contributed by atoms with Crippen molar-refractivity contribution in [1.82, 2.24) is 10.6 Å². The molecule has 8 nitrogen and oxygen atoms in total. The van der Waals surface area contributed by atoms with Gasteiger partial charge in [-0.05, 0) is 26.0 Å². The zero-order valence-electron chi connectivity index (χ0n) is 25.9. The van der Waals surface area contributed by atoms with Crippen LogP contribution in [0.25, 0.3) is 0 Å². The van der Waals surface area contributed by atoms with Crippen molar-refractivity contribution in [3.63, 3.8) is 0 Å². The van der Waals surface area contributed by atoms with Crippen molar-refractivity contribution in [2.75, 3.05) is 36.8 Å². The van der Waals surface area contributed by atoms with E-state index in [0.29, 0.717) is 70.9 Å². The van der Waals surface area contributed by atoms with E-state index in [-0.39, 0.29) is 23.1 Å². The average molecular weight is 613 g/mol. The minimum atomic E-state index is -0.217. The summed E-state index contributed by atoms with van der Waals surface area (Å²) in [6.07, 6.45) is 3.12. The summed E-state index contributed by atoms with van der Waals surface area (Å²) < 4.78 is 0. The summed E-state index contributed by atoms with van der Waals surface area (Å²) in [6.45, 7) is 5.53. The molecule has 0 fully saturated rings. The van der Waals surface area contributed by atoms with Gasteiger partial charge in [-0.15, -0.1) is 0 Å². The minimum absolute atomic E-state index is 0.0828. The molecule has 4 N–H and O–H groups in total. The lowest BCUT2D eigenvalue weighted by atomic mass is 9.82. The second-order valence-corrected chi connectivity index (χ2v) is 10.9. The number of nitrogens with one attached hydrogen (secondary N) is 4. The second kappa shape index (κ2) is 14.8. The van der Waals surface area contributed by atoms with Crippen molar-refractivity contribution in [2.45, 2.75) is 13.8 Å². The molecule has 5 rings (SSSR count). The molecule has 0 amide bonds. The second-order valence-electron chi connectivity index (χ2n) is 10.9. The Morgan fingerprint density at radius 2 is 0.891 bits per heavy atom. The first-order valence-corrected chi connectivity index (χ1v) is 15.2. The predicted octanol–water partition coefficient (Wildman–Crippen LogP) is 6.04. The Labute approximate surface area is 268 Å². The van der Waals surface area contributed by atoms with Gasteiger partial charge < -0.3 is 21.3 Å². The smallest absolute Gasteiger partial charge is 0.196 e. The molecule has 0 atom stereocenters. The number of hydrogen-bond donors (Lipinski definition) is 4. The lowest BCUT2D eigenvalue weighted by Gasteiger charge is -2.24. The van der Waals surface area contributed by atoms with E-state index in [1.165, 1.54) is 0 Å². The number of allylic oxidation sites excluding steroid dienone is 4. The normalized spacial score (nSPS) is 12.6. The molecule has 46 heavy (non-hydrogen) atoms. The quantitative estimate of drug-likeness (QED) is 0.0682. The van der Waals surface area contributed by atoms with Gasteiger partial charge in [-0.3, -0.25) is 19.2 Å². The third-order valence-electron chi connectivity index (χ3n) is 7.58. The van der Waals surface area contributed by atoms with Crippen LogP contribution < -0.4 is 21.3 Å². The highest BCUT2D eigenvalue weighted by Gasteiger charge is 2.33. The van der Waals surface area contributed by atoms with Crippen molar-refractivity contribution < 1.29 is 19.2 Å². The highest BCUT2D eigenvalue weighted by molar-refractivity contribution is 6.31. The molecular formula is C38H36N4O4. The van der Waals surface area contributed by atoms with Crippen LogP contribution in [0.1, 0.15) is 66.4 Å². The van der Waals surface area contributed by atoms with E-state index in [0.717, 1.165) is 11.4 Å². The number of carbonyl (C=O) groups is 4. The summed E-state index contributed by atoms with van der Waals surface area (Å²) in [5.74, 6) is -0.601. The van der Waals surface area contributed by atoms with Crippen LogP contribution >= 0.6 is 0 Å². The summed E-state index contributed by atoms with van der Waals surface area (Å²) in [5.41, 5.74) is 5.22. The van der Waals surface area contributed by atoms with Gasteiger partial charge in [0.15, 0.2) is 23.1 Å². The fraction of sp³-hybridized carbons (Fsp3) is 0.158. The van der Waals surface area contributed by atoms with Crippen LogP contribution in [-0.4, -0.2) is 49.3 Å². The summed E-state index contributed by atoms with van der Waals surface area (Å²) in [5, 5.41) is 13.1. The van der Waals surface area contributed by atoms with Gasteiger partial charge in [-0.2, -0.15) is 0 Å². The van der Waals surface area contributed by atoms with E-state index in [1.807, 2.05) is 50.2 Å². The molecule has 0 heterocycles. The van der Waals surface area contributed by atoms with Crippen LogP contribution in [0.5, 0.6) is 0 Å². The first kappa shape index (κ1) is 31.7. The molecule has 1 aliphatic carbocycles. The highest BCUT2D eigenvalue weighted by atomic mass is 16.1. The van der Waals surface area contributed by atoms with Gasteiger partial charge in [0.1, 0.15) is 0 Å². The van der Waals surface area contributed by atoms with Crippen molar-refractivity contribution in [2.24, 2.45) is 0 Å². The molecule has 0 saturated carbocycles. The fourth-order valence-corrected chi connectivity index (χ4v) is 5.30. The zero-order valence-corrected chi connectivity index (χ0v) is 25.9. The Bertz CT molecular complexity index is 1690. The maximum atomic E-state index is 13.7. The minimum Gasteiger partial charge on any atom is -0.387 e. The standard InChI is InChI=1S/C38H36N4O4/c1-25(23-33(43)27-11-5-3-6-12-27)39-19-21-41-31-17-18-32(36-35(31)37(45)29-15-9-10-16-30(29)38(36)46)42-22-20-40-26(2)24-34(44)28-13-7-4-8-14-28/h3-18,23-24,39-42H,19-22H2,1-2H3/b25-23+,26-24+. The number of benzene rings is 4. The maximum absolute atomic E-state index is 13.7. The molecule has 0 aromatic heterocycles. The molecule has 8 heteroatoms. The van der Waals surface area contributed by atoms with Gasteiger partial charge in [0.2, 0.25) is 0 Å². The SMILES string of the molecule is C/C(=C\C(=O)c1ccccc1)NCCNc1ccc(NCCN/C(C)=C/C(=O)c2ccccc2)c2c1C(=O)c1ccccc1C2=O. The summed E-state index contributed by atoms with van der Waals surface area (Å²) in [6, 6.07) is 28.6. The summed E-state index contributed by atoms with van der Waals surface area (Å²) in [7, 11) is 0. The zero-order chi connectivity index (χ0) is 32.5. The average Bonchev–Trinajstić information content (AvgIpc) is 3.08. The predicted molar refractivity (Wildman–Crippen MR) is 182 cm³/mol. The molecule has 1 aliphatic rings. The van der Waals surface area contributed by atoms with Gasteiger partial charge in [-0.25, -0.2) is 0 Å². The van der Waals surface area contributed by atoms with Crippen molar-refractivity contribution in [3.8, 4) is 0 Å². The van der Waals surface area contributed by atoms with Crippen LogP contribution in [0.4, 0.5) is 11.4 Å². The fourth-order valence-electron chi connectivity index (χ4n) is 5.30. The Hall–Kier alpha value is -5.76. The first-order valence-electron chi connectivity index (χ1n) is 15.2. The van der Waals surface area contributed by atoms with Crippen molar-refractivity contribution in [1.29, 1.82) is 0 Å². The Morgan fingerprint density at radius 1 is 0.522 bits per heavy atom. The van der Waals surface area contributed by atoms with E-state index in [9.17, 15) is 19.2 Å². The lowest BCUT2D eigenvalue weighted by molar-refractivity contribution is 0.0980. The van der Waals surface area contributed by atoms with E-state index in [4.69, 9.17) is 0 Å². The van der Waals surface area contributed by atoms with Crippen LogP contribution in [0.2, 0.25) is 0 Å². The molecule has 232 valence electrons. The molecule has 0 unspecified atom stereocenters. The topological polar surface area (TPSA) is 116 Å². The molecule has 0 bridgehead atoms. The number of carbonyl (C=O) groups excluding carboxylic acids is 4. The summed E-state index contributed by atoms with van der Waals surface area (Å²) >= 11 is 0. The summed E-state index contributed by atoms with van der Waals surface area (Å²) in [4.78, 5) is 52.4. The van der Waals surface area contributed by atoms with Gasteiger partial charge in [-0.1, -0.05) is 84.9 Å². The van der Waals surface area contributed by atoms with E-state index >= 15 is 0 Å². The maximum Gasteiger partial charge on any atom is 0.196 e. The van der Waals surface area contributed by atoms with Crippen LogP contribution in [-0.2, 0) is 0 Å². The van der Waals surface area contributed by atoms with Crippen molar-refractivity contribution >= 4 is 34.5 Å². The van der Waals surface area contributed by atoms with E-state index < -0.39 is 0 Å². The van der Waals surface area contributed by atoms with Gasteiger partial charge in [0.25, 0.3) is 0 Å². The largest absolute Gasteiger partial charge is 0.387 e. The van der Waals surface area contributed by atoms with Crippen LogP contribution in [0.15, 0.2) is 121 Å². The van der Waals surface area contributed by atoms with Gasteiger partial charge >= 0.3 is 0 Å². The Balaban J connectivity index is 1.25. The van der Waals surface area contributed by atoms with Gasteiger partial charge in [0.05, 0.1) is 11.1 Å². The third-order valence-corrected chi connectivity index (χ3v) is 7.58. The number of ketones is 4. The van der Waals surface area contributed by atoms with Crippen molar-refractivity contribution in [3.05, 3.63) is 154 Å². The Morgan fingerprint density at radius 3 is 1.28 bits per heavy atom. The molecule has 4 aromatic rings. The van der Waals surface area contributed by atoms with Crippen LogP contribution in [0, 0.1) is 0 Å². The molecule has 0 saturated heterocycles. The number of fused-ring (bicyclic) bond motifs is 2. The molecule has 4 aromatic carbocycles. The monoisotopic (exact) mass is 612 g/mol. The van der Waals surface area contributed by atoms with Crippen LogP contribution in [0.3, 0.4) is 0 Å². The first-order chi connectivity index (χ1) is 22.3. The molecule has 0 spiro atoms. The van der Waals surface area contributed by atoms with E-state index in [1.54, 1.807) is 72.8 Å². The number of rotatable bonds is 14. The molecule has 0 radical (unpaired) electrons. The van der Waals surface area contributed by atoms with E-state index in [2.05, 4.69) is 21.3 Å². The lowest BCUT2D eigenvalue weighted by Crippen LogP contribution is -2.27. The number of hydrogen-bond acceptors (Lipinski definition) is 8. The third kappa shape index (κ3) is 7.47. The van der Waals surface area contributed by atoms with Gasteiger partial charge in [0, 0.05) is 83.4 Å². The Kier molecular flexibility index (Phi) is 10.2. The molecule has 0 aliphatic heterocycles.